The lowest BCUT2D eigenvalue weighted by Crippen LogP contribution is -2.35. The third-order valence-corrected chi connectivity index (χ3v) is 2.74. The van der Waals surface area contributed by atoms with Crippen molar-refractivity contribution in [1.29, 1.82) is 0 Å². The standard InChI is InChI=1S/C16H28N2O3/c1-16(2,3)18-13-14-6-7-15(17-12-14)21-9-5-8-20-11-10-19-4/h6-7,12,18H,5,8-11,13H2,1-4H3. The normalized spacial score (nSPS) is 11.6. The fourth-order valence-corrected chi connectivity index (χ4v) is 1.55. The van der Waals surface area contributed by atoms with E-state index in [1.807, 2.05) is 18.3 Å². The van der Waals surface area contributed by atoms with E-state index in [0.29, 0.717) is 32.3 Å². The Morgan fingerprint density at radius 3 is 2.52 bits per heavy atom. The Balaban J connectivity index is 2.16. The van der Waals surface area contributed by atoms with Crippen LogP contribution in [0.15, 0.2) is 18.3 Å². The van der Waals surface area contributed by atoms with Crippen molar-refractivity contribution < 1.29 is 14.2 Å². The molecule has 1 aromatic rings. The molecule has 0 bridgehead atoms. The van der Waals surface area contributed by atoms with Gasteiger partial charge in [-0.25, -0.2) is 4.98 Å². The second-order valence-corrected chi connectivity index (χ2v) is 5.92. The van der Waals surface area contributed by atoms with Crippen LogP contribution in [-0.4, -0.2) is 44.1 Å². The van der Waals surface area contributed by atoms with Crippen molar-refractivity contribution in [3.05, 3.63) is 23.9 Å². The average molecular weight is 296 g/mol. The molecule has 0 aliphatic rings. The van der Waals surface area contributed by atoms with Gasteiger partial charge in [-0.3, -0.25) is 0 Å². The predicted molar refractivity (Wildman–Crippen MR) is 83.6 cm³/mol. The molecule has 0 amide bonds. The summed E-state index contributed by atoms with van der Waals surface area (Å²) in [4.78, 5) is 4.30. The number of nitrogens with zero attached hydrogens (tertiary/aromatic N) is 1. The minimum atomic E-state index is 0.109. The molecule has 0 saturated heterocycles. The largest absolute Gasteiger partial charge is 0.478 e. The molecule has 1 rings (SSSR count). The number of nitrogens with one attached hydrogen (secondary N) is 1. The molecule has 0 unspecified atom stereocenters. The van der Waals surface area contributed by atoms with E-state index in [0.717, 1.165) is 18.5 Å². The summed E-state index contributed by atoms with van der Waals surface area (Å²) in [5.74, 6) is 0.659. The van der Waals surface area contributed by atoms with Crippen LogP contribution in [0.3, 0.4) is 0 Å². The fraction of sp³-hybridized carbons (Fsp3) is 0.688. The van der Waals surface area contributed by atoms with Gasteiger partial charge >= 0.3 is 0 Å². The molecule has 0 aromatic carbocycles. The zero-order chi connectivity index (χ0) is 15.6. The van der Waals surface area contributed by atoms with Gasteiger partial charge in [-0.2, -0.15) is 0 Å². The molecule has 5 heteroatoms. The van der Waals surface area contributed by atoms with Gasteiger partial charge in [-0.05, 0) is 26.3 Å². The third-order valence-electron chi connectivity index (χ3n) is 2.74. The van der Waals surface area contributed by atoms with Crippen molar-refractivity contribution in [2.75, 3.05) is 33.5 Å². The molecular formula is C16H28N2O3. The molecule has 1 heterocycles. The van der Waals surface area contributed by atoms with Crippen LogP contribution in [0, 0.1) is 0 Å². The number of pyridine rings is 1. The first-order chi connectivity index (χ1) is 10.0. The average Bonchev–Trinajstić information content (AvgIpc) is 2.44. The summed E-state index contributed by atoms with van der Waals surface area (Å²) in [6.45, 7) is 9.79. The predicted octanol–water partition coefficient (Wildman–Crippen LogP) is 2.40. The van der Waals surface area contributed by atoms with Gasteiger partial charge in [0.15, 0.2) is 0 Å². The molecule has 120 valence electrons. The van der Waals surface area contributed by atoms with E-state index >= 15 is 0 Å². The number of hydrogen-bond donors (Lipinski definition) is 1. The molecule has 0 radical (unpaired) electrons. The Hall–Kier alpha value is -1.17. The molecular weight excluding hydrogens is 268 g/mol. The highest BCUT2D eigenvalue weighted by Gasteiger charge is 2.08. The molecule has 0 aliphatic carbocycles. The van der Waals surface area contributed by atoms with Crippen LogP contribution in [0.1, 0.15) is 32.8 Å². The topological polar surface area (TPSA) is 52.6 Å². The van der Waals surface area contributed by atoms with Gasteiger partial charge in [-0.1, -0.05) is 6.07 Å². The lowest BCUT2D eigenvalue weighted by molar-refractivity contribution is 0.0642. The molecule has 0 aliphatic heterocycles. The summed E-state index contributed by atoms with van der Waals surface area (Å²) in [7, 11) is 1.67. The molecule has 21 heavy (non-hydrogen) atoms. The monoisotopic (exact) mass is 296 g/mol. The minimum absolute atomic E-state index is 0.109. The van der Waals surface area contributed by atoms with Gasteiger partial charge in [0, 0.05) is 44.5 Å². The summed E-state index contributed by atoms with van der Waals surface area (Å²) in [6, 6.07) is 3.95. The highest BCUT2D eigenvalue weighted by atomic mass is 16.5. The van der Waals surface area contributed by atoms with Crippen LogP contribution in [0.25, 0.3) is 0 Å². The lowest BCUT2D eigenvalue weighted by Gasteiger charge is -2.20. The van der Waals surface area contributed by atoms with E-state index < -0.39 is 0 Å². The second kappa shape index (κ2) is 9.71. The van der Waals surface area contributed by atoms with Gasteiger partial charge in [0.25, 0.3) is 0 Å². The highest BCUT2D eigenvalue weighted by molar-refractivity contribution is 5.17. The minimum Gasteiger partial charge on any atom is -0.478 e. The van der Waals surface area contributed by atoms with Crippen LogP contribution >= 0.6 is 0 Å². The second-order valence-electron chi connectivity index (χ2n) is 5.92. The van der Waals surface area contributed by atoms with E-state index in [4.69, 9.17) is 14.2 Å². The van der Waals surface area contributed by atoms with E-state index in [1.165, 1.54) is 0 Å². The van der Waals surface area contributed by atoms with Crippen molar-refractivity contribution in [3.8, 4) is 5.88 Å². The Bertz CT molecular complexity index is 374. The smallest absolute Gasteiger partial charge is 0.213 e. The van der Waals surface area contributed by atoms with Crippen molar-refractivity contribution in [2.45, 2.75) is 39.3 Å². The first-order valence-corrected chi connectivity index (χ1v) is 7.41. The van der Waals surface area contributed by atoms with Crippen LogP contribution in [0.2, 0.25) is 0 Å². The highest BCUT2D eigenvalue weighted by Crippen LogP contribution is 2.09. The fourth-order valence-electron chi connectivity index (χ4n) is 1.55. The zero-order valence-corrected chi connectivity index (χ0v) is 13.6. The Morgan fingerprint density at radius 1 is 1.10 bits per heavy atom. The molecule has 1 aromatic heterocycles. The van der Waals surface area contributed by atoms with Crippen molar-refractivity contribution in [2.24, 2.45) is 0 Å². The van der Waals surface area contributed by atoms with Crippen molar-refractivity contribution in [1.82, 2.24) is 10.3 Å². The summed E-state index contributed by atoms with van der Waals surface area (Å²) < 4.78 is 15.8. The van der Waals surface area contributed by atoms with Gasteiger partial charge in [0.2, 0.25) is 5.88 Å². The van der Waals surface area contributed by atoms with E-state index in [2.05, 4.69) is 31.1 Å². The first-order valence-electron chi connectivity index (χ1n) is 7.41. The summed E-state index contributed by atoms with van der Waals surface area (Å²) in [5, 5.41) is 3.43. The number of rotatable bonds is 10. The third kappa shape index (κ3) is 9.39. The summed E-state index contributed by atoms with van der Waals surface area (Å²) >= 11 is 0. The zero-order valence-electron chi connectivity index (χ0n) is 13.6. The van der Waals surface area contributed by atoms with Gasteiger partial charge in [-0.15, -0.1) is 0 Å². The number of ether oxygens (including phenoxy) is 3. The first kappa shape index (κ1) is 17.9. The Labute approximate surface area is 128 Å². The SMILES string of the molecule is COCCOCCCOc1ccc(CNC(C)(C)C)cn1. The Kier molecular flexibility index (Phi) is 8.27. The quantitative estimate of drug-likeness (QED) is 0.672. The molecule has 0 saturated carbocycles. The van der Waals surface area contributed by atoms with Gasteiger partial charge in [0.05, 0.1) is 19.8 Å². The van der Waals surface area contributed by atoms with Gasteiger partial charge in [0.1, 0.15) is 0 Å². The maximum Gasteiger partial charge on any atom is 0.213 e. The van der Waals surface area contributed by atoms with Crippen molar-refractivity contribution >= 4 is 0 Å². The molecule has 5 nitrogen and oxygen atoms in total. The van der Waals surface area contributed by atoms with E-state index in [-0.39, 0.29) is 5.54 Å². The number of hydrogen-bond acceptors (Lipinski definition) is 5. The van der Waals surface area contributed by atoms with E-state index in [1.54, 1.807) is 7.11 Å². The maximum absolute atomic E-state index is 5.57. The number of aromatic nitrogens is 1. The molecule has 0 spiro atoms. The van der Waals surface area contributed by atoms with Gasteiger partial charge < -0.3 is 19.5 Å². The molecule has 1 N–H and O–H groups in total. The maximum atomic E-state index is 5.57. The lowest BCUT2D eigenvalue weighted by atomic mass is 10.1. The van der Waals surface area contributed by atoms with Crippen LogP contribution in [0.5, 0.6) is 5.88 Å². The molecule has 0 atom stereocenters. The van der Waals surface area contributed by atoms with Crippen LogP contribution in [0.4, 0.5) is 0 Å². The van der Waals surface area contributed by atoms with Crippen molar-refractivity contribution in [3.63, 3.8) is 0 Å². The van der Waals surface area contributed by atoms with E-state index in [9.17, 15) is 0 Å². The Morgan fingerprint density at radius 2 is 1.90 bits per heavy atom. The number of methoxy groups -OCH3 is 1. The molecule has 0 fully saturated rings. The van der Waals surface area contributed by atoms with Crippen LogP contribution in [-0.2, 0) is 16.0 Å². The summed E-state index contributed by atoms with van der Waals surface area (Å²) in [5.41, 5.74) is 1.26. The summed E-state index contributed by atoms with van der Waals surface area (Å²) in [6.07, 6.45) is 2.70. The van der Waals surface area contributed by atoms with Crippen LogP contribution < -0.4 is 10.1 Å².